The van der Waals surface area contributed by atoms with Crippen LogP contribution in [-0.2, 0) is 26.2 Å². The zero-order valence-corrected chi connectivity index (χ0v) is 25.5. The Morgan fingerprint density at radius 2 is 1.50 bits per heavy atom. The molecule has 0 aliphatic heterocycles. The molecule has 3 rings (SSSR count). The number of carbonyl (C=O) groups is 2. The molecule has 0 saturated carbocycles. The topological polar surface area (TPSA) is 86.8 Å². The monoisotopic (exact) mass is 583 g/mol. The Balaban J connectivity index is 2.03. The van der Waals surface area contributed by atoms with Crippen molar-refractivity contribution in [1.29, 1.82) is 0 Å². The lowest BCUT2D eigenvalue weighted by Gasteiger charge is -2.32. The van der Waals surface area contributed by atoms with E-state index in [1.54, 1.807) is 55.5 Å². The van der Waals surface area contributed by atoms with Crippen LogP contribution in [0.1, 0.15) is 43.0 Å². The third kappa shape index (κ3) is 7.86. The van der Waals surface area contributed by atoms with Crippen molar-refractivity contribution in [3.63, 3.8) is 0 Å². The predicted octanol–water partition coefficient (Wildman–Crippen LogP) is 5.65. The zero-order chi connectivity index (χ0) is 29.6. The van der Waals surface area contributed by atoms with E-state index in [4.69, 9.17) is 11.6 Å². The summed E-state index contributed by atoms with van der Waals surface area (Å²) in [5, 5.41) is 3.44. The maximum Gasteiger partial charge on any atom is 0.264 e. The third-order valence-electron chi connectivity index (χ3n) is 6.78. The minimum atomic E-state index is -4.11. The van der Waals surface area contributed by atoms with Crippen LogP contribution in [0.4, 0.5) is 5.69 Å². The second kappa shape index (κ2) is 13.3. The van der Waals surface area contributed by atoms with Gasteiger partial charge < -0.3 is 10.2 Å². The van der Waals surface area contributed by atoms with Gasteiger partial charge in [0.1, 0.15) is 12.6 Å². The molecule has 0 heterocycles. The van der Waals surface area contributed by atoms with Crippen LogP contribution >= 0.6 is 11.6 Å². The molecule has 0 spiro atoms. The van der Waals surface area contributed by atoms with Crippen molar-refractivity contribution >= 4 is 39.1 Å². The van der Waals surface area contributed by atoms with E-state index in [0.717, 1.165) is 26.6 Å². The van der Waals surface area contributed by atoms with Crippen LogP contribution < -0.4 is 9.62 Å². The number of hydrogen-bond donors (Lipinski definition) is 1. The van der Waals surface area contributed by atoms with Crippen LogP contribution in [0.5, 0.6) is 0 Å². The van der Waals surface area contributed by atoms with Crippen LogP contribution in [0.15, 0.2) is 71.6 Å². The van der Waals surface area contributed by atoms with Crippen molar-refractivity contribution in [2.75, 3.05) is 17.4 Å². The van der Waals surface area contributed by atoms with Crippen molar-refractivity contribution in [2.45, 2.75) is 59.0 Å². The second-order valence-electron chi connectivity index (χ2n) is 10.6. The lowest BCUT2D eigenvalue weighted by Crippen LogP contribution is -2.51. The fourth-order valence-corrected chi connectivity index (χ4v) is 5.60. The Morgan fingerprint density at radius 1 is 0.875 bits per heavy atom. The highest BCUT2D eigenvalue weighted by molar-refractivity contribution is 7.92. The minimum absolute atomic E-state index is 0.0797. The van der Waals surface area contributed by atoms with E-state index in [1.807, 2.05) is 40.7 Å². The van der Waals surface area contributed by atoms with Gasteiger partial charge in [-0.25, -0.2) is 8.42 Å². The summed E-state index contributed by atoms with van der Waals surface area (Å²) in [5.74, 6) is -0.581. The van der Waals surface area contributed by atoms with E-state index < -0.39 is 28.5 Å². The first-order valence-corrected chi connectivity index (χ1v) is 15.1. The van der Waals surface area contributed by atoms with E-state index in [2.05, 4.69) is 5.32 Å². The Bertz CT molecular complexity index is 1440. The van der Waals surface area contributed by atoms with Crippen LogP contribution in [0.25, 0.3) is 0 Å². The van der Waals surface area contributed by atoms with Gasteiger partial charge in [-0.05, 0) is 86.7 Å². The normalized spacial score (nSPS) is 12.2. The third-order valence-corrected chi connectivity index (χ3v) is 8.82. The molecule has 0 unspecified atom stereocenters. The van der Waals surface area contributed by atoms with Gasteiger partial charge in [-0.3, -0.25) is 13.9 Å². The van der Waals surface area contributed by atoms with Crippen LogP contribution in [0, 0.1) is 26.7 Å². The van der Waals surface area contributed by atoms with Crippen molar-refractivity contribution in [3.8, 4) is 0 Å². The summed E-state index contributed by atoms with van der Waals surface area (Å²) in [4.78, 5) is 28.5. The number of nitrogens with one attached hydrogen (secondary N) is 1. The summed E-state index contributed by atoms with van der Waals surface area (Å²) in [6.45, 7) is 11.4. The van der Waals surface area contributed by atoms with Gasteiger partial charge in [0.05, 0.1) is 10.6 Å². The van der Waals surface area contributed by atoms with Crippen molar-refractivity contribution < 1.29 is 18.0 Å². The number of anilines is 1. The van der Waals surface area contributed by atoms with Gasteiger partial charge >= 0.3 is 0 Å². The fraction of sp³-hybridized carbons (Fsp3) is 0.355. The molecule has 0 aromatic heterocycles. The van der Waals surface area contributed by atoms with Gasteiger partial charge in [-0.15, -0.1) is 0 Å². The zero-order valence-electron chi connectivity index (χ0n) is 23.9. The number of benzene rings is 3. The molecule has 9 heteroatoms. The van der Waals surface area contributed by atoms with E-state index in [-0.39, 0.29) is 23.3 Å². The number of aryl methyl sites for hydroxylation is 3. The first-order valence-electron chi connectivity index (χ1n) is 13.3. The molecule has 1 N–H and O–H groups in total. The number of rotatable bonds is 11. The summed E-state index contributed by atoms with van der Waals surface area (Å²) in [6.07, 6.45) is 0. The van der Waals surface area contributed by atoms with Gasteiger partial charge in [0.25, 0.3) is 10.0 Å². The highest BCUT2D eigenvalue weighted by Crippen LogP contribution is 2.27. The van der Waals surface area contributed by atoms with Crippen LogP contribution in [0.2, 0.25) is 5.02 Å². The van der Waals surface area contributed by atoms with Gasteiger partial charge in [-0.2, -0.15) is 0 Å². The van der Waals surface area contributed by atoms with Gasteiger partial charge in [0.2, 0.25) is 11.8 Å². The maximum absolute atomic E-state index is 14.0. The smallest absolute Gasteiger partial charge is 0.264 e. The SMILES string of the molecule is Cc1ccc(S(=O)(=O)N(CC(=O)N(Cc2ccc(Cl)cc2)[C@H](C)C(=O)NCC(C)C)c2ccc(C)c(C)c2)cc1. The summed E-state index contributed by atoms with van der Waals surface area (Å²) in [6, 6.07) is 18.0. The highest BCUT2D eigenvalue weighted by Gasteiger charge is 2.32. The van der Waals surface area contributed by atoms with E-state index >= 15 is 0 Å². The standard InChI is InChI=1S/C31H38ClN3O4S/c1-21(2)18-33-31(37)25(6)34(19-26-10-12-27(32)13-11-26)30(36)20-35(28-14-9-23(4)24(5)17-28)40(38,39)29-15-7-22(3)8-16-29/h7-17,21,25H,18-20H2,1-6H3,(H,33,37)/t25-/m1/s1. The molecule has 40 heavy (non-hydrogen) atoms. The molecule has 0 fully saturated rings. The first kappa shape index (κ1) is 31.2. The van der Waals surface area contributed by atoms with Crippen molar-refractivity contribution in [1.82, 2.24) is 10.2 Å². The molecule has 214 valence electrons. The highest BCUT2D eigenvalue weighted by atomic mass is 35.5. The lowest BCUT2D eigenvalue weighted by molar-refractivity contribution is -0.139. The molecule has 7 nitrogen and oxygen atoms in total. The molecule has 0 aliphatic rings. The summed E-state index contributed by atoms with van der Waals surface area (Å²) < 4.78 is 29.0. The van der Waals surface area contributed by atoms with Gasteiger partial charge in [-0.1, -0.05) is 61.3 Å². The number of sulfonamides is 1. The summed E-state index contributed by atoms with van der Waals surface area (Å²) >= 11 is 6.06. The first-order chi connectivity index (χ1) is 18.8. The Kier molecular flexibility index (Phi) is 10.4. The quantitative estimate of drug-likeness (QED) is 0.316. The molecule has 3 aromatic rings. The number of carbonyl (C=O) groups excluding carboxylic acids is 2. The molecule has 0 radical (unpaired) electrons. The summed E-state index contributed by atoms with van der Waals surface area (Å²) in [5.41, 5.74) is 3.96. The molecule has 0 aliphatic carbocycles. The Labute approximate surface area is 243 Å². The average Bonchev–Trinajstić information content (AvgIpc) is 2.91. The largest absolute Gasteiger partial charge is 0.354 e. The van der Waals surface area contributed by atoms with Crippen LogP contribution in [-0.4, -0.2) is 44.3 Å². The number of nitrogens with zero attached hydrogens (tertiary/aromatic N) is 2. The van der Waals surface area contributed by atoms with E-state index in [9.17, 15) is 18.0 Å². The second-order valence-corrected chi connectivity index (χ2v) is 12.9. The average molecular weight is 584 g/mol. The number of hydrogen-bond acceptors (Lipinski definition) is 4. The van der Waals surface area contributed by atoms with E-state index in [1.165, 1.54) is 17.0 Å². The maximum atomic E-state index is 14.0. The van der Waals surface area contributed by atoms with E-state index in [0.29, 0.717) is 17.3 Å². The lowest BCUT2D eigenvalue weighted by atomic mass is 10.1. The molecule has 3 aromatic carbocycles. The van der Waals surface area contributed by atoms with Crippen molar-refractivity contribution in [2.24, 2.45) is 5.92 Å². The number of halogens is 1. The van der Waals surface area contributed by atoms with Gasteiger partial charge in [0, 0.05) is 18.1 Å². The molecular formula is C31H38ClN3O4S. The molecule has 1 atom stereocenters. The van der Waals surface area contributed by atoms with Crippen molar-refractivity contribution in [3.05, 3.63) is 94.0 Å². The fourth-order valence-electron chi connectivity index (χ4n) is 4.07. The Morgan fingerprint density at radius 3 is 2.08 bits per heavy atom. The molecule has 0 bridgehead atoms. The molecule has 2 amide bonds. The predicted molar refractivity (Wildman–Crippen MR) is 161 cm³/mol. The van der Waals surface area contributed by atoms with Gasteiger partial charge in [0.15, 0.2) is 0 Å². The molecular weight excluding hydrogens is 546 g/mol. The molecule has 0 saturated heterocycles. The number of amides is 2. The minimum Gasteiger partial charge on any atom is -0.354 e. The Hall–Kier alpha value is -3.36. The van der Waals surface area contributed by atoms with Crippen LogP contribution in [0.3, 0.4) is 0 Å². The summed E-state index contributed by atoms with van der Waals surface area (Å²) in [7, 11) is -4.11.